The second-order valence-corrected chi connectivity index (χ2v) is 13.2. The van der Waals surface area contributed by atoms with Crippen molar-refractivity contribution in [1.82, 2.24) is 5.32 Å². The van der Waals surface area contributed by atoms with E-state index in [1.54, 1.807) is 44.2 Å². The lowest BCUT2D eigenvalue weighted by atomic mass is 9.66. The molecule has 5 atom stereocenters. The van der Waals surface area contributed by atoms with Crippen molar-refractivity contribution in [3.8, 4) is 0 Å². The Kier molecular flexibility index (Phi) is 9.12. The molecule has 2 aromatic carbocycles. The average Bonchev–Trinajstić information content (AvgIpc) is 2.82. The van der Waals surface area contributed by atoms with Crippen molar-refractivity contribution in [2.24, 2.45) is 11.3 Å². The van der Waals surface area contributed by atoms with Crippen LogP contribution in [0.1, 0.15) is 68.7 Å². The molecule has 1 aliphatic heterocycles. The number of carbonyl (C=O) groups is 2. The first kappa shape index (κ1) is 28.5. The summed E-state index contributed by atoms with van der Waals surface area (Å²) in [6.07, 6.45) is 0.961. The molecule has 0 saturated carbocycles. The standard InChI is InChI=1S/C27H33Cl2NO5S/c1-4-17(14-23(36(34,35)5-2)18-9-11-20(28)12-10-18)25-22(19-7-6-8-21(29)13-19)15-27(3,16-24(31)32)26(33)30-25/h6-13,17,22-23,25H,4-5,14-16H2,1-3H3,(H,30,33)(H,31,32)/t17?,22-,23+,25+,27+/m1/s1. The summed E-state index contributed by atoms with van der Waals surface area (Å²) in [5, 5.41) is 12.9. The van der Waals surface area contributed by atoms with Gasteiger partial charge in [0.2, 0.25) is 5.91 Å². The summed E-state index contributed by atoms with van der Waals surface area (Å²) in [6, 6.07) is 13.8. The fourth-order valence-corrected chi connectivity index (χ4v) is 7.18. The molecule has 3 rings (SSSR count). The highest BCUT2D eigenvalue weighted by atomic mass is 35.5. The Morgan fingerprint density at radius 3 is 2.36 bits per heavy atom. The monoisotopic (exact) mass is 553 g/mol. The van der Waals surface area contributed by atoms with Gasteiger partial charge in [0.25, 0.3) is 0 Å². The lowest BCUT2D eigenvalue weighted by Gasteiger charge is -2.45. The molecule has 0 bridgehead atoms. The molecule has 1 aliphatic rings. The zero-order valence-electron chi connectivity index (χ0n) is 20.7. The third kappa shape index (κ3) is 6.42. The van der Waals surface area contributed by atoms with E-state index in [4.69, 9.17) is 23.2 Å². The van der Waals surface area contributed by atoms with Crippen LogP contribution in [-0.2, 0) is 19.4 Å². The molecule has 0 spiro atoms. The highest BCUT2D eigenvalue weighted by Gasteiger charge is 2.48. The molecule has 1 unspecified atom stereocenters. The second-order valence-electron chi connectivity index (χ2n) is 9.89. The van der Waals surface area contributed by atoms with Gasteiger partial charge in [-0.3, -0.25) is 9.59 Å². The maximum absolute atomic E-state index is 13.2. The van der Waals surface area contributed by atoms with Gasteiger partial charge in [-0.1, -0.05) is 74.7 Å². The number of benzene rings is 2. The maximum atomic E-state index is 13.2. The Labute approximate surface area is 223 Å². The quantitative estimate of drug-likeness (QED) is 0.373. The maximum Gasteiger partial charge on any atom is 0.304 e. The lowest BCUT2D eigenvalue weighted by molar-refractivity contribution is -0.147. The predicted octanol–water partition coefficient (Wildman–Crippen LogP) is 6.04. The highest BCUT2D eigenvalue weighted by Crippen LogP contribution is 2.46. The Morgan fingerprint density at radius 2 is 1.81 bits per heavy atom. The SMILES string of the molecule is CCC(C[C@@H](c1ccc(Cl)cc1)S(=O)(=O)CC)[C@@H]1NC(=O)[C@](C)(CC(=O)O)C[C@@H]1c1cccc(Cl)c1. The first-order valence-corrected chi connectivity index (χ1v) is 14.6. The van der Waals surface area contributed by atoms with E-state index < -0.39 is 26.5 Å². The zero-order chi connectivity index (χ0) is 26.7. The van der Waals surface area contributed by atoms with Gasteiger partial charge in [0, 0.05) is 27.8 Å². The highest BCUT2D eigenvalue weighted by molar-refractivity contribution is 7.91. The van der Waals surface area contributed by atoms with E-state index in [2.05, 4.69) is 5.32 Å². The smallest absolute Gasteiger partial charge is 0.304 e. The van der Waals surface area contributed by atoms with Crippen molar-refractivity contribution in [2.45, 2.75) is 63.7 Å². The molecule has 1 amide bonds. The van der Waals surface area contributed by atoms with Gasteiger partial charge in [-0.25, -0.2) is 8.42 Å². The third-order valence-corrected chi connectivity index (χ3v) is 10.0. The number of sulfone groups is 1. The molecule has 1 saturated heterocycles. The number of carboxylic acid groups (broad SMARTS) is 1. The molecule has 196 valence electrons. The van der Waals surface area contributed by atoms with Gasteiger partial charge in [-0.15, -0.1) is 0 Å². The number of carboxylic acids is 1. The van der Waals surface area contributed by atoms with Crippen molar-refractivity contribution in [2.75, 3.05) is 5.75 Å². The van der Waals surface area contributed by atoms with E-state index in [-0.39, 0.29) is 36.0 Å². The van der Waals surface area contributed by atoms with Gasteiger partial charge >= 0.3 is 5.97 Å². The molecule has 0 radical (unpaired) electrons. The number of halogens is 2. The Balaban J connectivity index is 2.04. The summed E-state index contributed by atoms with van der Waals surface area (Å²) in [4.78, 5) is 24.8. The van der Waals surface area contributed by atoms with Gasteiger partial charge in [-0.2, -0.15) is 0 Å². The predicted molar refractivity (Wildman–Crippen MR) is 143 cm³/mol. The third-order valence-electron chi connectivity index (χ3n) is 7.39. The van der Waals surface area contributed by atoms with E-state index in [9.17, 15) is 23.1 Å². The van der Waals surface area contributed by atoms with Crippen LogP contribution in [0.4, 0.5) is 0 Å². The van der Waals surface area contributed by atoms with Crippen LogP contribution in [0.25, 0.3) is 0 Å². The molecular formula is C27H33Cl2NO5S. The van der Waals surface area contributed by atoms with Crippen LogP contribution < -0.4 is 5.32 Å². The Bertz CT molecular complexity index is 1200. The summed E-state index contributed by atoms with van der Waals surface area (Å²) < 4.78 is 26.4. The van der Waals surface area contributed by atoms with Crippen LogP contribution in [-0.4, -0.2) is 37.2 Å². The molecule has 1 fully saturated rings. The number of hydrogen-bond donors (Lipinski definition) is 2. The van der Waals surface area contributed by atoms with E-state index in [0.29, 0.717) is 34.9 Å². The molecular weight excluding hydrogens is 521 g/mol. The van der Waals surface area contributed by atoms with Crippen LogP contribution in [0.3, 0.4) is 0 Å². The van der Waals surface area contributed by atoms with Crippen LogP contribution in [0.2, 0.25) is 10.0 Å². The first-order valence-electron chi connectivity index (χ1n) is 12.2. The van der Waals surface area contributed by atoms with Gasteiger partial charge in [-0.05, 0) is 54.2 Å². The normalized spacial score (nSPS) is 24.1. The first-order chi connectivity index (χ1) is 16.9. The minimum atomic E-state index is -3.47. The fourth-order valence-electron chi connectivity index (χ4n) is 5.34. The van der Waals surface area contributed by atoms with Gasteiger partial charge in [0.05, 0.1) is 17.1 Å². The molecule has 0 aliphatic carbocycles. The van der Waals surface area contributed by atoms with E-state index in [0.717, 1.165) is 5.56 Å². The second kappa shape index (κ2) is 11.5. The van der Waals surface area contributed by atoms with Crippen molar-refractivity contribution in [3.63, 3.8) is 0 Å². The topological polar surface area (TPSA) is 101 Å². The summed E-state index contributed by atoms with van der Waals surface area (Å²) in [7, 11) is -3.47. The molecule has 0 aromatic heterocycles. The summed E-state index contributed by atoms with van der Waals surface area (Å²) in [5.41, 5.74) is 0.458. The summed E-state index contributed by atoms with van der Waals surface area (Å²) in [5.74, 6) is -1.80. The molecule has 36 heavy (non-hydrogen) atoms. The van der Waals surface area contributed by atoms with Gasteiger partial charge in [0.1, 0.15) is 0 Å². The Morgan fingerprint density at radius 1 is 1.14 bits per heavy atom. The molecule has 9 heteroatoms. The summed E-state index contributed by atoms with van der Waals surface area (Å²) in [6.45, 7) is 5.28. The minimum Gasteiger partial charge on any atom is -0.481 e. The lowest BCUT2D eigenvalue weighted by Crippen LogP contribution is -2.56. The van der Waals surface area contributed by atoms with Crippen molar-refractivity contribution in [3.05, 3.63) is 69.7 Å². The van der Waals surface area contributed by atoms with Crippen molar-refractivity contribution < 1.29 is 23.1 Å². The number of hydrogen-bond acceptors (Lipinski definition) is 4. The Hall–Kier alpha value is -2.09. The zero-order valence-corrected chi connectivity index (χ0v) is 23.0. The number of piperidine rings is 1. The van der Waals surface area contributed by atoms with Crippen LogP contribution in [0, 0.1) is 11.3 Å². The van der Waals surface area contributed by atoms with Crippen LogP contribution in [0.5, 0.6) is 0 Å². The minimum absolute atomic E-state index is 0.0117. The van der Waals surface area contributed by atoms with Gasteiger partial charge in [0.15, 0.2) is 9.84 Å². The largest absolute Gasteiger partial charge is 0.481 e. The van der Waals surface area contributed by atoms with Crippen LogP contribution in [0.15, 0.2) is 48.5 Å². The fraction of sp³-hybridized carbons (Fsp3) is 0.481. The summed E-state index contributed by atoms with van der Waals surface area (Å²) >= 11 is 12.3. The van der Waals surface area contributed by atoms with Crippen molar-refractivity contribution in [1.29, 1.82) is 0 Å². The number of rotatable bonds is 10. The average molecular weight is 555 g/mol. The molecule has 1 heterocycles. The van der Waals surface area contributed by atoms with Gasteiger partial charge < -0.3 is 10.4 Å². The van der Waals surface area contributed by atoms with E-state index in [1.807, 2.05) is 25.1 Å². The van der Waals surface area contributed by atoms with E-state index in [1.165, 1.54) is 0 Å². The number of carbonyl (C=O) groups excluding carboxylic acids is 1. The molecule has 2 aromatic rings. The van der Waals surface area contributed by atoms with Crippen molar-refractivity contribution >= 4 is 44.9 Å². The number of nitrogens with one attached hydrogen (secondary N) is 1. The molecule has 6 nitrogen and oxygen atoms in total. The number of amides is 1. The van der Waals surface area contributed by atoms with E-state index >= 15 is 0 Å². The van der Waals surface area contributed by atoms with Crippen LogP contribution >= 0.6 is 23.2 Å². The molecule has 2 N–H and O–H groups in total. The number of aliphatic carboxylic acids is 1.